The first-order chi connectivity index (χ1) is 13.0. The highest BCUT2D eigenvalue weighted by Crippen LogP contribution is 2.21. The molecule has 0 aliphatic carbocycles. The molecule has 0 saturated carbocycles. The Morgan fingerprint density at radius 3 is 2.74 bits per heavy atom. The van der Waals surface area contributed by atoms with Gasteiger partial charge in [0.15, 0.2) is 11.8 Å². The summed E-state index contributed by atoms with van der Waals surface area (Å²) in [5.41, 5.74) is 2.25. The average Bonchev–Trinajstić information content (AvgIpc) is 3.10. The molecule has 0 radical (unpaired) electrons. The SMILES string of the molecule is CCNC(=NCc1ccc(C)cc1OCC)NCCc1nc(C(C)C)no1. The van der Waals surface area contributed by atoms with E-state index in [1.165, 1.54) is 5.56 Å². The first-order valence-electron chi connectivity index (χ1n) is 9.60. The summed E-state index contributed by atoms with van der Waals surface area (Å²) >= 11 is 0. The molecule has 0 amide bonds. The molecule has 1 aromatic carbocycles. The Kier molecular flexibility index (Phi) is 8.10. The van der Waals surface area contributed by atoms with E-state index < -0.39 is 0 Å². The van der Waals surface area contributed by atoms with Gasteiger partial charge in [0.1, 0.15) is 5.75 Å². The largest absolute Gasteiger partial charge is 0.494 e. The Balaban J connectivity index is 1.95. The summed E-state index contributed by atoms with van der Waals surface area (Å²) in [6.07, 6.45) is 0.652. The summed E-state index contributed by atoms with van der Waals surface area (Å²) in [5, 5.41) is 10.6. The van der Waals surface area contributed by atoms with E-state index in [2.05, 4.69) is 50.9 Å². The van der Waals surface area contributed by atoms with Crippen LogP contribution < -0.4 is 15.4 Å². The van der Waals surface area contributed by atoms with Crippen LogP contribution in [0.5, 0.6) is 5.75 Å². The van der Waals surface area contributed by atoms with Crippen molar-refractivity contribution in [3.8, 4) is 5.75 Å². The van der Waals surface area contributed by atoms with E-state index in [9.17, 15) is 0 Å². The number of hydrogen-bond acceptors (Lipinski definition) is 5. The Bertz CT molecular complexity index is 740. The van der Waals surface area contributed by atoms with E-state index in [1.807, 2.05) is 27.7 Å². The summed E-state index contributed by atoms with van der Waals surface area (Å²) in [5.74, 6) is 3.30. The maximum Gasteiger partial charge on any atom is 0.228 e. The minimum Gasteiger partial charge on any atom is -0.494 e. The van der Waals surface area contributed by atoms with Gasteiger partial charge in [-0.3, -0.25) is 0 Å². The summed E-state index contributed by atoms with van der Waals surface area (Å²) in [4.78, 5) is 9.06. The number of hydrogen-bond donors (Lipinski definition) is 2. The molecule has 148 valence electrons. The number of rotatable bonds is 9. The molecule has 27 heavy (non-hydrogen) atoms. The van der Waals surface area contributed by atoms with E-state index in [-0.39, 0.29) is 5.92 Å². The van der Waals surface area contributed by atoms with Crippen molar-refractivity contribution < 1.29 is 9.26 Å². The Morgan fingerprint density at radius 2 is 2.07 bits per heavy atom. The molecule has 2 rings (SSSR count). The van der Waals surface area contributed by atoms with Gasteiger partial charge in [-0.05, 0) is 32.4 Å². The standard InChI is InChI=1S/C20H31N5O2/c1-6-21-20(22-11-10-18-24-19(14(3)4)25-27-18)23-13-16-9-8-15(5)12-17(16)26-7-2/h8-9,12,14H,6-7,10-11,13H2,1-5H3,(H2,21,22,23). The van der Waals surface area contributed by atoms with Gasteiger partial charge in [0.25, 0.3) is 0 Å². The third kappa shape index (κ3) is 6.58. The zero-order valence-electron chi connectivity index (χ0n) is 17.0. The average molecular weight is 374 g/mol. The third-order valence-electron chi connectivity index (χ3n) is 3.91. The molecule has 0 atom stereocenters. The van der Waals surface area contributed by atoms with Gasteiger partial charge < -0.3 is 19.9 Å². The number of aromatic nitrogens is 2. The maximum absolute atomic E-state index is 5.73. The van der Waals surface area contributed by atoms with Crippen LogP contribution in [0.15, 0.2) is 27.7 Å². The smallest absolute Gasteiger partial charge is 0.228 e. The Hall–Kier alpha value is -2.57. The van der Waals surface area contributed by atoms with Crippen LogP contribution in [0.2, 0.25) is 0 Å². The van der Waals surface area contributed by atoms with Crippen molar-refractivity contribution in [2.45, 2.75) is 53.5 Å². The molecule has 0 aliphatic heterocycles. The van der Waals surface area contributed by atoms with E-state index >= 15 is 0 Å². The molecule has 0 aliphatic rings. The molecule has 0 spiro atoms. The fourth-order valence-electron chi connectivity index (χ4n) is 2.48. The van der Waals surface area contributed by atoms with Crippen LogP contribution >= 0.6 is 0 Å². The molecular weight excluding hydrogens is 342 g/mol. The number of guanidine groups is 1. The van der Waals surface area contributed by atoms with E-state index in [0.29, 0.717) is 32.0 Å². The number of aryl methyl sites for hydroxylation is 1. The summed E-state index contributed by atoms with van der Waals surface area (Å²) in [7, 11) is 0. The molecule has 2 N–H and O–H groups in total. The second kappa shape index (κ2) is 10.5. The van der Waals surface area contributed by atoms with Crippen molar-refractivity contribution in [3.63, 3.8) is 0 Å². The zero-order valence-corrected chi connectivity index (χ0v) is 17.0. The first-order valence-corrected chi connectivity index (χ1v) is 9.60. The molecule has 0 fully saturated rings. The topological polar surface area (TPSA) is 84.6 Å². The Morgan fingerprint density at radius 1 is 1.26 bits per heavy atom. The van der Waals surface area contributed by atoms with Gasteiger partial charge in [-0.15, -0.1) is 0 Å². The molecule has 7 heteroatoms. The van der Waals surface area contributed by atoms with Crippen molar-refractivity contribution in [2.24, 2.45) is 4.99 Å². The summed E-state index contributed by atoms with van der Waals surface area (Å²) < 4.78 is 11.0. The van der Waals surface area contributed by atoms with Crippen LogP contribution in [0.25, 0.3) is 0 Å². The lowest BCUT2D eigenvalue weighted by atomic mass is 10.1. The van der Waals surface area contributed by atoms with Gasteiger partial charge in [0, 0.05) is 31.0 Å². The second-order valence-corrected chi connectivity index (χ2v) is 6.62. The lowest BCUT2D eigenvalue weighted by molar-refractivity contribution is 0.336. The second-order valence-electron chi connectivity index (χ2n) is 6.62. The van der Waals surface area contributed by atoms with Gasteiger partial charge in [0.2, 0.25) is 5.89 Å². The van der Waals surface area contributed by atoms with E-state index in [0.717, 1.165) is 29.6 Å². The van der Waals surface area contributed by atoms with Crippen molar-refractivity contribution in [1.82, 2.24) is 20.8 Å². The first kappa shape index (κ1) is 20.7. The third-order valence-corrected chi connectivity index (χ3v) is 3.91. The number of nitrogens with zero attached hydrogens (tertiary/aromatic N) is 3. The van der Waals surface area contributed by atoms with Crippen LogP contribution in [0, 0.1) is 6.92 Å². The van der Waals surface area contributed by atoms with Gasteiger partial charge in [-0.25, -0.2) is 4.99 Å². The number of nitrogens with one attached hydrogen (secondary N) is 2. The van der Waals surface area contributed by atoms with Crippen molar-refractivity contribution in [2.75, 3.05) is 19.7 Å². The monoisotopic (exact) mass is 373 g/mol. The predicted molar refractivity (Wildman–Crippen MR) is 107 cm³/mol. The quantitative estimate of drug-likeness (QED) is 0.519. The Labute approximate surface area is 161 Å². The molecule has 1 heterocycles. The number of aliphatic imine (C=N–C) groups is 1. The highest BCUT2D eigenvalue weighted by Gasteiger charge is 2.10. The van der Waals surface area contributed by atoms with Crippen molar-refractivity contribution in [1.29, 1.82) is 0 Å². The lowest BCUT2D eigenvalue weighted by Gasteiger charge is -2.12. The number of benzene rings is 1. The number of ether oxygens (including phenoxy) is 1. The fourth-order valence-corrected chi connectivity index (χ4v) is 2.48. The van der Waals surface area contributed by atoms with Crippen LogP contribution in [0.4, 0.5) is 0 Å². The zero-order chi connectivity index (χ0) is 19.6. The van der Waals surface area contributed by atoms with Crippen LogP contribution in [0.3, 0.4) is 0 Å². The highest BCUT2D eigenvalue weighted by molar-refractivity contribution is 5.79. The van der Waals surface area contributed by atoms with Gasteiger partial charge in [0.05, 0.1) is 13.2 Å². The van der Waals surface area contributed by atoms with Crippen molar-refractivity contribution in [3.05, 3.63) is 41.0 Å². The predicted octanol–water partition coefficient (Wildman–Crippen LogP) is 3.20. The minimum absolute atomic E-state index is 0.267. The van der Waals surface area contributed by atoms with Gasteiger partial charge >= 0.3 is 0 Å². The van der Waals surface area contributed by atoms with Gasteiger partial charge in [-0.2, -0.15) is 4.98 Å². The highest BCUT2D eigenvalue weighted by atomic mass is 16.5. The molecule has 0 saturated heterocycles. The lowest BCUT2D eigenvalue weighted by Crippen LogP contribution is -2.38. The van der Waals surface area contributed by atoms with E-state index in [4.69, 9.17) is 9.26 Å². The molecular formula is C20H31N5O2. The van der Waals surface area contributed by atoms with Crippen LogP contribution in [0.1, 0.15) is 56.5 Å². The van der Waals surface area contributed by atoms with E-state index in [1.54, 1.807) is 0 Å². The molecule has 2 aromatic rings. The molecule has 7 nitrogen and oxygen atoms in total. The van der Waals surface area contributed by atoms with Gasteiger partial charge in [-0.1, -0.05) is 31.1 Å². The summed E-state index contributed by atoms with van der Waals surface area (Å²) in [6, 6.07) is 6.20. The normalized spacial score (nSPS) is 11.7. The molecule has 0 unspecified atom stereocenters. The molecule has 1 aromatic heterocycles. The summed E-state index contributed by atoms with van der Waals surface area (Å²) in [6.45, 7) is 12.8. The molecule has 0 bridgehead atoms. The maximum atomic E-state index is 5.73. The fraction of sp³-hybridized carbons (Fsp3) is 0.550. The van der Waals surface area contributed by atoms with Crippen LogP contribution in [-0.4, -0.2) is 35.8 Å². The minimum atomic E-state index is 0.267. The van der Waals surface area contributed by atoms with Crippen molar-refractivity contribution >= 4 is 5.96 Å². The van der Waals surface area contributed by atoms with Crippen LogP contribution in [-0.2, 0) is 13.0 Å².